The fourth-order valence-corrected chi connectivity index (χ4v) is 2.94. The van der Waals surface area contributed by atoms with Crippen molar-refractivity contribution in [3.8, 4) is 0 Å². The molecule has 0 radical (unpaired) electrons. The summed E-state index contributed by atoms with van der Waals surface area (Å²) in [6.07, 6.45) is 4.13. The Kier molecular flexibility index (Phi) is 1.92. The number of hydrogen-bond acceptors (Lipinski definition) is 2. The van der Waals surface area contributed by atoms with Gasteiger partial charge in [0.2, 0.25) is 0 Å². The first-order chi connectivity index (χ1) is 5.68. The lowest BCUT2D eigenvalue weighted by Gasteiger charge is -2.33. The highest BCUT2D eigenvalue weighted by molar-refractivity contribution is 5.12. The minimum atomic E-state index is 0.318. The fraction of sp³-hybridized carbons (Fsp3) is 1.00. The van der Waals surface area contributed by atoms with Crippen LogP contribution in [0.2, 0.25) is 0 Å². The summed E-state index contributed by atoms with van der Waals surface area (Å²) in [5.41, 5.74) is 6.19. The van der Waals surface area contributed by atoms with Crippen molar-refractivity contribution in [2.75, 3.05) is 6.54 Å². The van der Waals surface area contributed by atoms with Crippen LogP contribution < -0.4 is 11.1 Å². The summed E-state index contributed by atoms with van der Waals surface area (Å²) in [6, 6.07) is 0.577. The number of hydrogen-bond donors (Lipinski definition) is 2. The molecule has 2 heteroatoms. The molecule has 2 aliphatic carbocycles. The Morgan fingerprint density at radius 1 is 1.58 bits per heavy atom. The lowest BCUT2D eigenvalue weighted by Crippen LogP contribution is -2.54. The molecule has 0 amide bonds. The highest BCUT2D eigenvalue weighted by Gasteiger charge is 2.56. The fourth-order valence-electron chi connectivity index (χ4n) is 2.94. The lowest BCUT2D eigenvalue weighted by molar-refractivity contribution is 0.277. The first-order valence-electron chi connectivity index (χ1n) is 5.16. The highest BCUT2D eigenvalue weighted by atomic mass is 15.1. The summed E-state index contributed by atoms with van der Waals surface area (Å²) in [7, 11) is 0. The van der Waals surface area contributed by atoms with Gasteiger partial charge in [0.05, 0.1) is 0 Å². The van der Waals surface area contributed by atoms with Crippen LogP contribution >= 0.6 is 0 Å². The molecule has 70 valence electrons. The van der Waals surface area contributed by atoms with Crippen molar-refractivity contribution in [1.29, 1.82) is 0 Å². The molecule has 0 aliphatic heterocycles. The van der Waals surface area contributed by atoms with Crippen LogP contribution in [0.5, 0.6) is 0 Å². The van der Waals surface area contributed by atoms with Crippen molar-refractivity contribution >= 4 is 0 Å². The topological polar surface area (TPSA) is 38.0 Å². The first-order valence-corrected chi connectivity index (χ1v) is 5.16. The second kappa shape index (κ2) is 2.71. The maximum atomic E-state index is 5.87. The maximum absolute atomic E-state index is 5.87. The smallest absolute Gasteiger partial charge is 0.0337 e. The van der Waals surface area contributed by atoms with Gasteiger partial charge < -0.3 is 11.1 Å². The molecular formula is C10H20N2. The summed E-state index contributed by atoms with van der Waals surface area (Å²) in [6.45, 7) is 5.26. The van der Waals surface area contributed by atoms with Gasteiger partial charge in [0, 0.05) is 18.1 Å². The van der Waals surface area contributed by atoms with Gasteiger partial charge in [-0.2, -0.15) is 0 Å². The predicted octanol–water partition coefficient (Wildman–Crippen LogP) is 1.11. The van der Waals surface area contributed by atoms with E-state index < -0.39 is 0 Å². The molecule has 0 aromatic heterocycles. The number of fused-ring (bicyclic) bond motifs is 1. The van der Waals surface area contributed by atoms with E-state index in [0.717, 1.165) is 18.4 Å². The van der Waals surface area contributed by atoms with Crippen molar-refractivity contribution in [1.82, 2.24) is 5.32 Å². The minimum absolute atomic E-state index is 0.318. The molecule has 0 aromatic rings. The van der Waals surface area contributed by atoms with Gasteiger partial charge in [0.1, 0.15) is 0 Å². The van der Waals surface area contributed by atoms with E-state index in [1.165, 1.54) is 19.3 Å². The SMILES string of the molecule is CC(C)NC1(CN)CCC2CC21. The van der Waals surface area contributed by atoms with Crippen molar-refractivity contribution in [2.24, 2.45) is 17.6 Å². The normalized spacial score (nSPS) is 45.0. The molecule has 0 saturated heterocycles. The van der Waals surface area contributed by atoms with Gasteiger partial charge >= 0.3 is 0 Å². The molecule has 0 spiro atoms. The lowest BCUT2D eigenvalue weighted by atomic mass is 9.92. The Balaban J connectivity index is 2.03. The van der Waals surface area contributed by atoms with Gasteiger partial charge in [-0.05, 0) is 31.1 Å². The summed E-state index contributed by atoms with van der Waals surface area (Å²) < 4.78 is 0. The van der Waals surface area contributed by atoms with Crippen LogP contribution in [-0.2, 0) is 0 Å². The van der Waals surface area contributed by atoms with Crippen LogP contribution in [0.25, 0.3) is 0 Å². The molecule has 3 atom stereocenters. The Labute approximate surface area is 74.9 Å². The molecule has 2 saturated carbocycles. The Bertz CT molecular complexity index is 179. The number of rotatable bonds is 3. The van der Waals surface area contributed by atoms with E-state index in [1.807, 2.05) is 0 Å². The van der Waals surface area contributed by atoms with Crippen LogP contribution in [0.15, 0.2) is 0 Å². The zero-order chi connectivity index (χ0) is 8.77. The zero-order valence-electron chi connectivity index (χ0n) is 8.14. The van der Waals surface area contributed by atoms with E-state index >= 15 is 0 Å². The monoisotopic (exact) mass is 168 g/mol. The number of nitrogens with one attached hydrogen (secondary N) is 1. The van der Waals surface area contributed by atoms with Gasteiger partial charge in [0.25, 0.3) is 0 Å². The first kappa shape index (κ1) is 8.52. The van der Waals surface area contributed by atoms with Gasteiger partial charge in [-0.1, -0.05) is 13.8 Å². The van der Waals surface area contributed by atoms with Crippen molar-refractivity contribution in [3.05, 3.63) is 0 Å². The molecule has 2 aliphatic rings. The zero-order valence-corrected chi connectivity index (χ0v) is 8.14. The Morgan fingerprint density at radius 3 is 2.67 bits per heavy atom. The minimum Gasteiger partial charge on any atom is -0.329 e. The molecule has 0 heterocycles. The third kappa shape index (κ3) is 1.17. The van der Waals surface area contributed by atoms with Gasteiger partial charge in [-0.15, -0.1) is 0 Å². The predicted molar refractivity (Wildman–Crippen MR) is 50.9 cm³/mol. The number of nitrogens with two attached hydrogens (primary N) is 1. The molecule has 12 heavy (non-hydrogen) atoms. The molecule has 2 nitrogen and oxygen atoms in total. The van der Waals surface area contributed by atoms with E-state index in [1.54, 1.807) is 0 Å². The molecule has 3 unspecified atom stereocenters. The van der Waals surface area contributed by atoms with Crippen LogP contribution in [0.4, 0.5) is 0 Å². The van der Waals surface area contributed by atoms with Crippen LogP contribution in [0.1, 0.15) is 33.1 Å². The Hall–Kier alpha value is -0.0800. The Morgan fingerprint density at radius 2 is 2.33 bits per heavy atom. The average Bonchev–Trinajstić information content (AvgIpc) is 2.72. The summed E-state index contributed by atoms with van der Waals surface area (Å²) in [5.74, 6) is 1.92. The van der Waals surface area contributed by atoms with Crippen molar-refractivity contribution in [3.63, 3.8) is 0 Å². The quantitative estimate of drug-likeness (QED) is 0.662. The summed E-state index contributed by atoms with van der Waals surface area (Å²) in [4.78, 5) is 0. The van der Waals surface area contributed by atoms with Crippen LogP contribution in [0.3, 0.4) is 0 Å². The average molecular weight is 168 g/mol. The summed E-state index contributed by atoms with van der Waals surface area (Å²) in [5, 5.41) is 3.67. The largest absolute Gasteiger partial charge is 0.329 e. The van der Waals surface area contributed by atoms with E-state index in [4.69, 9.17) is 5.73 Å². The van der Waals surface area contributed by atoms with Crippen molar-refractivity contribution < 1.29 is 0 Å². The molecule has 0 aromatic carbocycles. The second-order valence-electron chi connectivity index (χ2n) is 4.80. The van der Waals surface area contributed by atoms with E-state index in [0.29, 0.717) is 11.6 Å². The van der Waals surface area contributed by atoms with E-state index in [-0.39, 0.29) is 0 Å². The third-order valence-corrected chi connectivity index (χ3v) is 3.53. The summed E-state index contributed by atoms with van der Waals surface area (Å²) >= 11 is 0. The third-order valence-electron chi connectivity index (χ3n) is 3.53. The van der Waals surface area contributed by atoms with E-state index in [2.05, 4.69) is 19.2 Å². The molecule has 2 rings (SSSR count). The van der Waals surface area contributed by atoms with Crippen LogP contribution in [-0.4, -0.2) is 18.1 Å². The van der Waals surface area contributed by atoms with Crippen LogP contribution in [0, 0.1) is 11.8 Å². The molecular weight excluding hydrogens is 148 g/mol. The molecule has 2 fully saturated rings. The van der Waals surface area contributed by atoms with Gasteiger partial charge in [0.15, 0.2) is 0 Å². The molecule has 0 bridgehead atoms. The molecule has 3 N–H and O–H groups in total. The van der Waals surface area contributed by atoms with Gasteiger partial charge in [-0.3, -0.25) is 0 Å². The standard InChI is InChI=1S/C10H20N2/c1-7(2)12-10(6-11)4-3-8-5-9(8)10/h7-9,12H,3-6,11H2,1-2H3. The maximum Gasteiger partial charge on any atom is 0.0337 e. The van der Waals surface area contributed by atoms with E-state index in [9.17, 15) is 0 Å². The highest BCUT2D eigenvalue weighted by Crippen LogP contribution is 2.57. The van der Waals surface area contributed by atoms with Gasteiger partial charge in [-0.25, -0.2) is 0 Å². The van der Waals surface area contributed by atoms with Crippen molar-refractivity contribution in [2.45, 2.75) is 44.7 Å². The second-order valence-corrected chi connectivity index (χ2v) is 4.80.